The van der Waals surface area contributed by atoms with E-state index in [9.17, 15) is 4.39 Å². The van der Waals surface area contributed by atoms with Crippen LogP contribution in [0.5, 0.6) is 0 Å². The van der Waals surface area contributed by atoms with E-state index in [0.717, 1.165) is 36.7 Å². The Morgan fingerprint density at radius 3 is 2.78 bits per heavy atom. The van der Waals surface area contributed by atoms with Crippen molar-refractivity contribution in [2.24, 2.45) is 17.6 Å². The fraction of sp³-hybridized carbons (Fsp3) is 0.625. The van der Waals surface area contributed by atoms with Crippen LogP contribution in [0, 0.1) is 17.7 Å². The summed E-state index contributed by atoms with van der Waals surface area (Å²) in [5.74, 6) is 1.63. The standard InChI is InChI=1S/C16H22FN/c17-15-5-1-3-12(9-15)10-16(18)8-2-4-14(11-16)13-6-7-13/h1,3,5,9,13-14H,2,4,6-8,10-11,18H2. The van der Waals surface area contributed by atoms with Crippen molar-refractivity contribution >= 4 is 0 Å². The summed E-state index contributed by atoms with van der Waals surface area (Å²) in [5, 5.41) is 0. The van der Waals surface area contributed by atoms with Crippen LogP contribution in [0.2, 0.25) is 0 Å². The highest BCUT2D eigenvalue weighted by Gasteiger charge is 2.39. The van der Waals surface area contributed by atoms with E-state index in [1.54, 1.807) is 12.1 Å². The van der Waals surface area contributed by atoms with Gasteiger partial charge in [0.15, 0.2) is 0 Å². The minimum absolute atomic E-state index is 0.0979. The number of benzene rings is 1. The van der Waals surface area contributed by atoms with Gasteiger partial charge in [-0.3, -0.25) is 0 Å². The Kier molecular flexibility index (Phi) is 3.14. The van der Waals surface area contributed by atoms with E-state index in [1.165, 1.54) is 31.7 Å². The lowest BCUT2D eigenvalue weighted by molar-refractivity contribution is 0.204. The minimum atomic E-state index is -0.148. The van der Waals surface area contributed by atoms with Gasteiger partial charge < -0.3 is 5.73 Å². The average molecular weight is 247 g/mol. The van der Waals surface area contributed by atoms with Crippen LogP contribution in [0.15, 0.2) is 24.3 Å². The minimum Gasteiger partial charge on any atom is -0.325 e. The Bertz CT molecular complexity index is 427. The first-order valence-corrected chi connectivity index (χ1v) is 7.18. The molecule has 0 heterocycles. The van der Waals surface area contributed by atoms with E-state index in [2.05, 4.69) is 0 Å². The summed E-state index contributed by atoms with van der Waals surface area (Å²) in [6.45, 7) is 0. The lowest BCUT2D eigenvalue weighted by Gasteiger charge is -2.38. The first-order chi connectivity index (χ1) is 8.65. The molecule has 2 fully saturated rings. The topological polar surface area (TPSA) is 26.0 Å². The van der Waals surface area contributed by atoms with Crippen molar-refractivity contribution in [2.75, 3.05) is 0 Å². The molecule has 0 bridgehead atoms. The van der Waals surface area contributed by atoms with Gasteiger partial charge >= 0.3 is 0 Å². The van der Waals surface area contributed by atoms with E-state index < -0.39 is 0 Å². The predicted molar refractivity (Wildman–Crippen MR) is 71.7 cm³/mol. The first-order valence-electron chi connectivity index (χ1n) is 7.18. The molecule has 1 aromatic carbocycles. The zero-order valence-electron chi connectivity index (χ0n) is 10.9. The molecule has 2 aliphatic rings. The molecule has 0 spiro atoms. The van der Waals surface area contributed by atoms with Gasteiger partial charge in [0.1, 0.15) is 5.82 Å². The number of halogens is 1. The van der Waals surface area contributed by atoms with Crippen LogP contribution >= 0.6 is 0 Å². The molecule has 3 rings (SSSR count). The largest absolute Gasteiger partial charge is 0.325 e. The molecule has 2 N–H and O–H groups in total. The Hall–Kier alpha value is -0.890. The second-order valence-corrected chi connectivity index (χ2v) is 6.36. The number of nitrogens with two attached hydrogens (primary N) is 1. The van der Waals surface area contributed by atoms with E-state index in [0.29, 0.717) is 0 Å². The van der Waals surface area contributed by atoms with Gasteiger partial charge in [0.25, 0.3) is 0 Å². The maximum absolute atomic E-state index is 13.2. The van der Waals surface area contributed by atoms with Gasteiger partial charge in [-0.25, -0.2) is 4.39 Å². The Morgan fingerprint density at radius 2 is 2.06 bits per heavy atom. The van der Waals surface area contributed by atoms with Gasteiger partial charge in [0.2, 0.25) is 0 Å². The molecule has 2 atom stereocenters. The third kappa shape index (κ3) is 2.74. The average Bonchev–Trinajstić information content (AvgIpc) is 3.12. The first kappa shape index (κ1) is 12.2. The fourth-order valence-corrected chi connectivity index (χ4v) is 3.63. The van der Waals surface area contributed by atoms with Crippen LogP contribution in [0.1, 0.15) is 44.1 Å². The van der Waals surface area contributed by atoms with Crippen molar-refractivity contribution in [1.29, 1.82) is 0 Å². The quantitative estimate of drug-likeness (QED) is 0.866. The van der Waals surface area contributed by atoms with Crippen LogP contribution < -0.4 is 5.73 Å². The van der Waals surface area contributed by atoms with Gasteiger partial charge in [-0.1, -0.05) is 25.0 Å². The van der Waals surface area contributed by atoms with Gasteiger partial charge in [0.05, 0.1) is 0 Å². The summed E-state index contributed by atoms with van der Waals surface area (Å²) in [6, 6.07) is 6.92. The summed E-state index contributed by atoms with van der Waals surface area (Å²) in [7, 11) is 0. The van der Waals surface area contributed by atoms with Crippen LogP contribution in [0.3, 0.4) is 0 Å². The molecule has 0 amide bonds. The summed E-state index contributed by atoms with van der Waals surface area (Å²) in [4.78, 5) is 0. The highest BCUT2D eigenvalue weighted by Crippen LogP contribution is 2.46. The van der Waals surface area contributed by atoms with Crippen LogP contribution in [-0.2, 0) is 6.42 Å². The molecule has 1 aromatic rings. The molecule has 2 unspecified atom stereocenters. The SMILES string of the molecule is NC1(Cc2cccc(F)c2)CCCC(C2CC2)C1. The van der Waals surface area contributed by atoms with Crippen LogP contribution in [-0.4, -0.2) is 5.54 Å². The molecule has 2 aliphatic carbocycles. The number of rotatable bonds is 3. The van der Waals surface area contributed by atoms with E-state index in [-0.39, 0.29) is 11.4 Å². The molecule has 0 aliphatic heterocycles. The lowest BCUT2D eigenvalue weighted by Crippen LogP contribution is -2.46. The Balaban J connectivity index is 1.69. The van der Waals surface area contributed by atoms with Crippen molar-refractivity contribution in [3.05, 3.63) is 35.6 Å². The lowest BCUT2D eigenvalue weighted by atomic mass is 9.72. The van der Waals surface area contributed by atoms with Gasteiger partial charge in [-0.15, -0.1) is 0 Å². The van der Waals surface area contributed by atoms with Crippen LogP contribution in [0.4, 0.5) is 4.39 Å². The Morgan fingerprint density at radius 1 is 1.22 bits per heavy atom. The monoisotopic (exact) mass is 247 g/mol. The normalized spacial score (nSPS) is 32.4. The second kappa shape index (κ2) is 4.65. The summed E-state index contributed by atoms with van der Waals surface area (Å²) >= 11 is 0. The molecule has 1 nitrogen and oxygen atoms in total. The summed E-state index contributed by atoms with van der Waals surface area (Å²) in [6.07, 6.45) is 8.45. The fourth-order valence-electron chi connectivity index (χ4n) is 3.63. The number of hydrogen-bond acceptors (Lipinski definition) is 1. The van der Waals surface area contributed by atoms with Gasteiger partial charge in [0, 0.05) is 5.54 Å². The summed E-state index contributed by atoms with van der Waals surface area (Å²) < 4.78 is 13.2. The second-order valence-electron chi connectivity index (χ2n) is 6.36. The number of hydrogen-bond donors (Lipinski definition) is 1. The zero-order valence-corrected chi connectivity index (χ0v) is 10.9. The van der Waals surface area contributed by atoms with Gasteiger partial charge in [-0.05, 0) is 61.6 Å². The molecule has 98 valence electrons. The predicted octanol–water partition coefficient (Wildman–Crippen LogP) is 3.67. The zero-order chi connectivity index (χ0) is 12.6. The smallest absolute Gasteiger partial charge is 0.123 e. The van der Waals surface area contributed by atoms with Crippen molar-refractivity contribution in [3.63, 3.8) is 0 Å². The Labute approximate surface area is 109 Å². The molecule has 18 heavy (non-hydrogen) atoms. The van der Waals surface area contributed by atoms with Crippen molar-refractivity contribution in [2.45, 2.75) is 50.5 Å². The molecular weight excluding hydrogens is 225 g/mol. The highest BCUT2D eigenvalue weighted by molar-refractivity contribution is 5.19. The summed E-state index contributed by atoms with van der Waals surface area (Å²) in [5.41, 5.74) is 7.53. The van der Waals surface area contributed by atoms with E-state index in [4.69, 9.17) is 5.73 Å². The van der Waals surface area contributed by atoms with Crippen molar-refractivity contribution in [3.8, 4) is 0 Å². The highest BCUT2D eigenvalue weighted by atomic mass is 19.1. The van der Waals surface area contributed by atoms with Crippen molar-refractivity contribution in [1.82, 2.24) is 0 Å². The van der Waals surface area contributed by atoms with Crippen molar-refractivity contribution < 1.29 is 4.39 Å². The maximum atomic E-state index is 13.2. The molecule has 2 saturated carbocycles. The van der Waals surface area contributed by atoms with E-state index >= 15 is 0 Å². The molecule has 0 aromatic heterocycles. The molecule has 0 saturated heterocycles. The molecule has 2 heteroatoms. The van der Waals surface area contributed by atoms with Gasteiger partial charge in [-0.2, -0.15) is 0 Å². The third-order valence-electron chi connectivity index (χ3n) is 4.65. The molecular formula is C16H22FN. The van der Waals surface area contributed by atoms with E-state index in [1.807, 2.05) is 6.07 Å². The van der Waals surface area contributed by atoms with Crippen LogP contribution in [0.25, 0.3) is 0 Å². The maximum Gasteiger partial charge on any atom is 0.123 e. The third-order valence-corrected chi connectivity index (χ3v) is 4.65. The molecule has 0 radical (unpaired) electrons.